The number of carbonyl (C=O) groups excluding carboxylic acids is 1. The number of benzene rings is 1. The van der Waals surface area contributed by atoms with Gasteiger partial charge in [-0.15, -0.1) is 0 Å². The second-order valence-corrected chi connectivity index (χ2v) is 5.22. The lowest BCUT2D eigenvalue weighted by atomic mass is 10.1. The van der Waals surface area contributed by atoms with Crippen molar-refractivity contribution in [3.63, 3.8) is 0 Å². The summed E-state index contributed by atoms with van der Waals surface area (Å²) in [5, 5.41) is 3.46. The van der Waals surface area contributed by atoms with E-state index in [0.29, 0.717) is 18.4 Å². The van der Waals surface area contributed by atoms with Gasteiger partial charge in [-0.1, -0.05) is 19.1 Å². The van der Waals surface area contributed by atoms with Crippen molar-refractivity contribution in [2.45, 2.75) is 52.7 Å². The Balaban J connectivity index is 2.48. The quantitative estimate of drug-likeness (QED) is 0.711. The van der Waals surface area contributed by atoms with E-state index in [2.05, 4.69) is 19.2 Å². The molecule has 4 nitrogen and oxygen atoms in total. The summed E-state index contributed by atoms with van der Waals surface area (Å²) in [7, 11) is 0. The molecule has 0 saturated heterocycles. The van der Waals surface area contributed by atoms with E-state index < -0.39 is 6.10 Å². The van der Waals surface area contributed by atoms with Gasteiger partial charge in [0.15, 0.2) is 6.10 Å². The Morgan fingerprint density at radius 1 is 1.19 bits per heavy atom. The smallest absolute Gasteiger partial charge is 0.347 e. The Bertz CT molecular complexity index is 417. The fourth-order valence-corrected chi connectivity index (χ4v) is 2.03. The van der Waals surface area contributed by atoms with E-state index in [0.717, 1.165) is 19.4 Å². The van der Waals surface area contributed by atoms with Gasteiger partial charge in [0, 0.05) is 6.04 Å². The van der Waals surface area contributed by atoms with Gasteiger partial charge in [-0.05, 0) is 57.9 Å². The summed E-state index contributed by atoms with van der Waals surface area (Å²) < 4.78 is 10.5. The van der Waals surface area contributed by atoms with Gasteiger partial charge in [-0.3, -0.25) is 0 Å². The van der Waals surface area contributed by atoms with Gasteiger partial charge in [0.25, 0.3) is 0 Å². The molecule has 0 amide bonds. The molecule has 0 aliphatic rings. The molecular formula is C17H27NO3. The SMILES string of the molecule is CCCNC(C)Cc1ccc(OC(C)C(=O)OCC)cc1. The molecule has 1 N–H and O–H groups in total. The highest BCUT2D eigenvalue weighted by Gasteiger charge is 2.15. The minimum atomic E-state index is -0.582. The van der Waals surface area contributed by atoms with E-state index in [1.54, 1.807) is 13.8 Å². The molecule has 21 heavy (non-hydrogen) atoms. The molecule has 1 aromatic carbocycles. The molecule has 2 unspecified atom stereocenters. The third-order valence-electron chi connectivity index (χ3n) is 3.14. The number of carbonyl (C=O) groups is 1. The summed E-state index contributed by atoms with van der Waals surface area (Å²) in [5.74, 6) is 0.354. The first kappa shape index (κ1) is 17.5. The van der Waals surface area contributed by atoms with Crippen LogP contribution in [0.15, 0.2) is 24.3 Å². The molecule has 1 aromatic rings. The lowest BCUT2D eigenvalue weighted by Gasteiger charge is -2.15. The summed E-state index contributed by atoms with van der Waals surface area (Å²) in [5.41, 5.74) is 1.25. The molecule has 0 heterocycles. The van der Waals surface area contributed by atoms with Crippen LogP contribution in [0, 0.1) is 0 Å². The van der Waals surface area contributed by atoms with Crippen LogP contribution in [-0.4, -0.2) is 31.3 Å². The van der Waals surface area contributed by atoms with E-state index in [1.807, 2.05) is 24.3 Å². The van der Waals surface area contributed by atoms with Crippen molar-refractivity contribution in [3.8, 4) is 5.75 Å². The van der Waals surface area contributed by atoms with Crippen molar-refractivity contribution in [2.24, 2.45) is 0 Å². The molecule has 0 radical (unpaired) electrons. The molecule has 0 bridgehead atoms. The summed E-state index contributed by atoms with van der Waals surface area (Å²) in [6.45, 7) is 9.24. The van der Waals surface area contributed by atoms with Gasteiger partial charge < -0.3 is 14.8 Å². The standard InChI is InChI=1S/C17H27NO3/c1-5-11-18-13(3)12-15-7-9-16(10-8-15)21-14(4)17(19)20-6-2/h7-10,13-14,18H,5-6,11-12H2,1-4H3. The Kier molecular flexibility index (Phi) is 7.83. The van der Waals surface area contributed by atoms with Gasteiger partial charge in [0.2, 0.25) is 0 Å². The molecule has 0 aromatic heterocycles. The van der Waals surface area contributed by atoms with Gasteiger partial charge in [0.1, 0.15) is 5.75 Å². The van der Waals surface area contributed by atoms with Crippen molar-refractivity contribution in [2.75, 3.05) is 13.2 Å². The Hall–Kier alpha value is -1.55. The van der Waals surface area contributed by atoms with Crippen LogP contribution in [0.2, 0.25) is 0 Å². The molecule has 0 aliphatic heterocycles. The van der Waals surface area contributed by atoms with Crippen molar-refractivity contribution in [1.29, 1.82) is 0 Å². The molecule has 0 fully saturated rings. The zero-order valence-electron chi connectivity index (χ0n) is 13.5. The maximum atomic E-state index is 11.5. The third kappa shape index (κ3) is 6.63. The van der Waals surface area contributed by atoms with E-state index in [4.69, 9.17) is 9.47 Å². The average molecular weight is 293 g/mol. The normalized spacial score (nSPS) is 13.5. The summed E-state index contributed by atoms with van der Waals surface area (Å²) in [4.78, 5) is 11.5. The summed E-state index contributed by atoms with van der Waals surface area (Å²) in [6.07, 6.45) is 1.54. The minimum absolute atomic E-state index is 0.334. The second-order valence-electron chi connectivity index (χ2n) is 5.22. The molecule has 4 heteroatoms. The fourth-order valence-electron chi connectivity index (χ4n) is 2.03. The topological polar surface area (TPSA) is 47.6 Å². The highest BCUT2D eigenvalue weighted by atomic mass is 16.6. The zero-order chi connectivity index (χ0) is 15.7. The van der Waals surface area contributed by atoms with E-state index in [9.17, 15) is 4.79 Å². The minimum Gasteiger partial charge on any atom is -0.479 e. The maximum absolute atomic E-state index is 11.5. The first-order valence-electron chi connectivity index (χ1n) is 7.72. The zero-order valence-corrected chi connectivity index (χ0v) is 13.5. The van der Waals surface area contributed by atoms with E-state index in [1.165, 1.54) is 5.56 Å². The molecule has 0 spiro atoms. The number of hydrogen-bond donors (Lipinski definition) is 1. The predicted octanol–water partition coefficient (Wildman–Crippen LogP) is 2.95. The molecule has 0 aliphatic carbocycles. The second kappa shape index (κ2) is 9.40. The van der Waals surface area contributed by atoms with Crippen LogP contribution in [0.4, 0.5) is 0 Å². The number of hydrogen-bond acceptors (Lipinski definition) is 4. The van der Waals surface area contributed by atoms with Crippen LogP contribution in [0.5, 0.6) is 5.75 Å². The number of ether oxygens (including phenoxy) is 2. The monoisotopic (exact) mass is 293 g/mol. The van der Waals surface area contributed by atoms with Crippen LogP contribution in [0.25, 0.3) is 0 Å². The summed E-state index contributed by atoms with van der Waals surface area (Å²) >= 11 is 0. The lowest BCUT2D eigenvalue weighted by molar-refractivity contribution is -0.150. The largest absolute Gasteiger partial charge is 0.479 e. The van der Waals surface area contributed by atoms with E-state index in [-0.39, 0.29) is 5.97 Å². The number of rotatable bonds is 9. The van der Waals surface area contributed by atoms with Crippen LogP contribution in [0.1, 0.15) is 39.7 Å². The van der Waals surface area contributed by atoms with Crippen molar-refractivity contribution in [1.82, 2.24) is 5.32 Å². The van der Waals surface area contributed by atoms with Crippen molar-refractivity contribution < 1.29 is 14.3 Å². The van der Waals surface area contributed by atoms with Crippen LogP contribution < -0.4 is 10.1 Å². The molecular weight excluding hydrogens is 266 g/mol. The Labute approximate surface area is 127 Å². The summed E-state index contributed by atoms with van der Waals surface area (Å²) in [6, 6.07) is 8.33. The first-order chi connectivity index (χ1) is 10.1. The lowest BCUT2D eigenvalue weighted by Crippen LogP contribution is -2.28. The first-order valence-corrected chi connectivity index (χ1v) is 7.72. The van der Waals surface area contributed by atoms with Gasteiger partial charge >= 0.3 is 5.97 Å². The van der Waals surface area contributed by atoms with Crippen LogP contribution in [-0.2, 0) is 16.0 Å². The highest BCUT2D eigenvalue weighted by molar-refractivity contribution is 5.74. The fraction of sp³-hybridized carbons (Fsp3) is 0.588. The molecule has 2 atom stereocenters. The van der Waals surface area contributed by atoms with Crippen molar-refractivity contribution >= 4 is 5.97 Å². The molecule has 0 saturated carbocycles. The van der Waals surface area contributed by atoms with Gasteiger partial charge in [-0.25, -0.2) is 4.79 Å². The molecule has 1 rings (SSSR count). The molecule has 118 valence electrons. The number of nitrogens with one attached hydrogen (secondary N) is 1. The Morgan fingerprint density at radius 2 is 1.86 bits per heavy atom. The third-order valence-corrected chi connectivity index (χ3v) is 3.14. The average Bonchev–Trinajstić information content (AvgIpc) is 2.47. The van der Waals surface area contributed by atoms with Gasteiger partial charge in [-0.2, -0.15) is 0 Å². The van der Waals surface area contributed by atoms with E-state index >= 15 is 0 Å². The predicted molar refractivity (Wildman–Crippen MR) is 84.6 cm³/mol. The number of esters is 1. The van der Waals surface area contributed by atoms with Crippen LogP contribution in [0.3, 0.4) is 0 Å². The Morgan fingerprint density at radius 3 is 2.43 bits per heavy atom. The van der Waals surface area contributed by atoms with Crippen LogP contribution >= 0.6 is 0 Å². The highest BCUT2D eigenvalue weighted by Crippen LogP contribution is 2.15. The maximum Gasteiger partial charge on any atom is 0.347 e. The van der Waals surface area contributed by atoms with Crippen molar-refractivity contribution in [3.05, 3.63) is 29.8 Å². The van der Waals surface area contributed by atoms with Gasteiger partial charge in [0.05, 0.1) is 6.61 Å².